The smallest absolute Gasteiger partial charge is 0.188 e. The second-order valence-corrected chi connectivity index (χ2v) is 11.0. The molecule has 0 spiro atoms. The van der Waals surface area contributed by atoms with Gasteiger partial charge < -0.3 is 13.6 Å². The molecule has 4 heteroatoms. The van der Waals surface area contributed by atoms with Crippen LogP contribution in [-0.2, 0) is 0 Å². The lowest BCUT2D eigenvalue weighted by Crippen LogP contribution is -1.99. The van der Waals surface area contributed by atoms with Crippen molar-refractivity contribution in [3.8, 4) is 11.4 Å². The van der Waals surface area contributed by atoms with Crippen molar-refractivity contribution < 1.29 is 4.42 Å². The zero-order valence-electron chi connectivity index (χ0n) is 22.8. The summed E-state index contributed by atoms with van der Waals surface area (Å²) in [6.07, 6.45) is 0. The first-order valence-corrected chi connectivity index (χ1v) is 14.1. The molecule has 0 unspecified atom stereocenters. The SMILES string of the molecule is [C-]#[N+]c1ccc2c(c1)c1ccccc1n2-c1cc(-n2c3ccccc3c3ccccc32)c2oc3ccc(C)cc3c2c1. The number of para-hydroxylation sites is 3. The van der Waals surface area contributed by atoms with Crippen molar-refractivity contribution in [2.45, 2.75) is 6.92 Å². The number of aromatic nitrogens is 2. The van der Waals surface area contributed by atoms with E-state index in [9.17, 15) is 0 Å². The molecule has 0 aliphatic rings. The van der Waals surface area contributed by atoms with Crippen LogP contribution in [0.5, 0.6) is 0 Å². The molecule has 42 heavy (non-hydrogen) atoms. The fourth-order valence-electron chi connectivity index (χ4n) is 6.75. The van der Waals surface area contributed by atoms with Gasteiger partial charge in [0.15, 0.2) is 11.3 Å². The number of fused-ring (bicyclic) bond motifs is 9. The molecule has 0 radical (unpaired) electrons. The van der Waals surface area contributed by atoms with Gasteiger partial charge in [0.25, 0.3) is 0 Å². The molecule has 0 N–H and O–H groups in total. The number of nitrogens with zero attached hydrogens (tertiary/aromatic N) is 3. The summed E-state index contributed by atoms with van der Waals surface area (Å²) in [5.41, 5.74) is 10.1. The first-order valence-electron chi connectivity index (χ1n) is 14.1. The highest BCUT2D eigenvalue weighted by molar-refractivity contribution is 6.14. The minimum absolute atomic E-state index is 0.642. The maximum absolute atomic E-state index is 7.61. The van der Waals surface area contributed by atoms with Crippen LogP contribution in [0.1, 0.15) is 5.56 Å². The maximum Gasteiger partial charge on any atom is 0.188 e. The van der Waals surface area contributed by atoms with Gasteiger partial charge in [0.05, 0.1) is 34.3 Å². The standard InChI is InChI=1S/C38H23N3O/c1-23-15-18-37-30(19-23)31-21-25(40-32-12-6-5-11-28(32)29-20-24(39-2)16-17-35(29)40)22-36(38(31)42-37)41-33-13-7-3-9-26(33)27-10-4-8-14-34(27)41/h3-22H,1H3. The van der Waals surface area contributed by atoms with Crippen LogP contribution < -0.4 is 0 Å². The van der Waals surface area contributed by atoms with Crippen molar-refractivity contribution in [1.29, 1.82) is 0 Å². The molecule has 6 aromatic carbocycles. The summed E-state index contributed by atoms with van der Waals surface area (Å²) >= 11 is 0. The molecule has 9 rings (SSSR count). The predicted octanol–water partition coefficient (Wildman–Crippen LogP) is 10.6. The highest BCUT2D eigenvalue weighted by Gasteiger charge is 2.21. The van der Waals surface area contributed by atoms with Gasteiger partial charge in [-0.1, -0.05) is 72.3 Å². The van der Waals surface area contributed by atoms with Gasteiger partial charge in [-0.3, -0.25) is 0 Å². The third kappa shape index (κ3) is 3.05. The number of aryl methyl sites for hydroxylation is 1. The highest BCUT2D eigenvalue weighted by Crippen LogP contribution is 2.41. The van der Waals surface area contributed by atoms with Gasteiger partial charge in [-0.25, -0.2) is 4.85 Å². The van der Waals surface area contributed by atoms with Crippen LogP contribution in [0.15, 0.2) is 126 Å². The van der Waals surface area contributed by atoms with Gasteiger partial charge in [0, 0.05) is 32.6 Å². The van der Waals surface area contributed by atoms with Gasteiger partial charge in [-0.15, -0.1) is 0 Å². The second kappa shape index (κ2) is 8.36. The summed E-state index contributed by atoms with van der Waals surface area (Å²) in [6.45, 7) is 9.73. The summed E-state index contributed by atoms with van der Waals surface area (Å²) in [5.74, 6) is 0. The van der Waals surface area contributed by atoms with Crippen LogP contribution in [0.4, 0.5) is 5.69 Å². The van der Waals surface area contributed by atoms with Crippen molar-refractivity contribution in [3.63, 3.8) is 0 Å². The molecule has 0 saturated carbocycles. The largest absolute Gasteiger partial charge is 0.454 e. The summed E-state index contributed by atoms with van der Waals surface area (Å²) in [6, 6.07) is 42.5. The van der Waals surface area contributed by atoms with Crippen molar-refractivity contribution in [2.75, 3.05) is 0 Å². The van der Waals surface area contributed by atoms with E-state index >= 15 is 0 Å². The fraction of sp³-hybridized carbons (Fsp3) is 0.0263. The van der Waals surface area contributed by atoms with Crippen molar-refractivity contribution >= 4 is 71.2 Å². The van der Waals surface area contributed by atoms with Crippen molar-refractivity contribution in [3.05, 3.63) is 138 Å². The summed E-state index contributed by atoms with van der Waals surface area (Å²) < 4.78 is 11.3. The molecule has 3 aromatic heterocycles. The van der Waals surface area contributed by atoms with Gasteiger partial charge in [0.2, 0.25) is 0 Å². The monoisotopic (exact) mass is 537 g/mol. The van der Waals surface area contributed by atoms with Gasteiger partial charge in [0.1, 0.15) is 5.58 Å². The first kappa shape index (κ1) is 23.0. The molecule has 0 atom stereocenters. The van der Waals surface area contributed by atoms with E-state index in [0.717, 1.165) is 66.2 Å². The number of rotatable bonds is 2. The third-order valence-corrected chi connectivity index (χ3v) is 8.56. The lowest BCUT2D eigenvalue weighted by atomic mass is 10.1. The topological polar surface area (TPSA) is 27.4 Å². The molecular formula is C38H23N3O. The Labute approximate surface area is 241 Å². The average Bonchev–Trinajstić information content (AvgIpc) is 3.68. The molecule has 196 valence electrons. The Morgan fingerprint density at radius 3 is 1.86 bits per heavy atom. The minimum Gasteiger partial charge on any atom is -0.454 e. The van der Waals surface area contributed by atoms with Gasteiger partial charge >= 0.3 is 0 Å². The van der Waals surface area contributed by atoms with Crippen LogP contribution in [-0.4, -0.2) is 9.13 Å². The van der Waals surface area contributed by atoms with E-state index in [1.807, 2.05) is 12.1 Å². The van der Waals surface area contributed by atoms with E-state index in [-0.39, 0.29) is 0 Å². The van der Waals surface area contributed by atoms with Crippen LogP contribution >= 0.6 is 0 Å². The molecule has 0 saturated heterocycles. The van der Waals surface area contributed by atoms with Gasteiger partial charge in [-0.2, -0.15) is 0 Å². The number of furan rings is 1. The molecule has 0 aliphatic heterocycles. The predicted molar refractivity (Wildman–Crippen MR) is 173 cm³/mol. The molecule has 3 heterocycles. The Balaban J connectivity index is 1.49. The number of hydrogen-bond donors (Lipinski definition) is 0. The van der Waals surface area contributed by atoms with E-state index in [0.29, 0.717) is 5.69 Å². The van der Waals surface area contributed by atoms with E-state index < -0.39 is 0 Å². The second-order valence-electron chi connectivity index (χ2n) is 11.0. The Bertz CT molecular complexity index is 2550. The average molecular weight is 538 g/mol. The summed E-state index contributed by atoms with van der Waals surface area (Å²) in [7, 11) is 0. The summed E-state index contributed by atoms with van der Waals surface area (Å²) in [5, 5.41) is 6.80. The lowest BCUT2D eigenvalue weighted by molar-refractivity contribution is 0.666. The van der Waals surface area contributed by atoms with E-state index in [2.05, 4.69) is 130 Å². The van der Waals surface area contributed by atoms with E-state index in [1.165, 1.54) is 16.3 Å². The van der Waals surface area contributed by atoms with Gasteiger partial charge in [-0.05, 0) is 66.9 Å². The van der Waals surface area contributed by atoms with Crippen molar-refractivity contribution in [2.24, 2.45) is 0 Å². The fourth-order valence-corrected chi connectivity index (χ4v) is 6.75. The highest BCUT2D eigenvalue weighted by atomic mass is 16.3. The van der Waals surface area contributed by atoms with Crippen LogP contribution in [0.2, 0.25) is 0 Å². The quantitative estimate of drug-likeness (QED) is 0.202. The molecule has 0 aliphatic carbocycles. The number of hydrogen-bond acceptors (Lipinski definition) is 1. The Kier molecular flexibility index (Phi) is 4.57. The third-order valence-electron chi connectivity index (χ3n) is 8.56. The molecular weight excluding hydrogens is 514 g/mol. The molecule has 4 nitrogen and oxygen atoms in total. The molecule has 0 amide bonds. The normalized spacial score (nSPS) is 11.9. The molecule has 0 bridgehead atoms. The minimum atomic E-state index is 0.642. The number of benzene rings is 6. The van der Waals surface area contributed by atoms with E-state index in [4.69, 9.17) is 11.0 Å². The Morgan fingerprint density at radius 1 is 0.548 bits per heavy atom. The zero-order chi connectivity index (χ0) is 27.9. The molecule has 0 fully saturated rings. The lowest BCUT2D eigenvalue weighted by Gasteiger charge is -2.14. The van der Waals surface area contributed by atoms with Crippen LogP contribution in [0, 0.1) is 13.5 Å². The summed E-state index contributed by atoms with van der Waals surface area (Å²) in [4.78, 5) is 3.72. The van der Waals surface area contributed by atoms with Crippen molar-refractivity contribution in [1.82, 2.24) is 9.13 Å². The van der Waals surface area contributed by atoms with Crippen LogP contribution in [0.3, 0.4) is 0 Å². The van der Waals surface area contributed by atoms with Crippen LogP contribution in [0.25, 0.3) is 81.8 Å². The maximum atomic E-state index is 7.61. The zero-order valence-corrected chi connectivity index (χ0v) is 22.8. The molecule has 9 aromatic rings. The Hall–Kier alpha value is -5.79. The first-order chi connectivity index (χ1) is 20.7. The van der Waals surface area contributed by atoms with E-state index in [1.54, 1.807) is 0 Å². The Morgan fingerprint density at radius 2 is 1.17 bits per heavy atom.